The maximum Gasteiger partial charge on any atom is 0.223 e. The van der Waals surface area contributed by atoms with Crippen LogP contribution in [-0.2, 0) is 0 Å². The van der Waals surface area contributed by atoms with Gasteiger partial charge in [0.05, 0.1) is 5.39 Å². The van der Waals surface area contributed by atoms with Gasteiger partial charge in [-0.3, -0.25) is 0 Å². The van der Waals surface area contributed by atoms with E-state index < -0.39 is 0 Å². The first kappa shape index (κ1) is 9.31. The summed E-state index contributed by atoms with van der Waals surface area (Å²) in [5, 5.41) is 0.805. The van der Waals surface area contributed by atoms with Gasteiger partial charge in [-0.2, -0.15) is 9.97 Å². The van der Waals surface area contributed by atoms with E-state index in [2.05, 4.69) is 15.0 Å². The third kappa shape index (κ3) is 1.69. The molecule has 0 aliphatic carbocycles. The summed E-state index contributed by atoms with van der Waals surface area (Å²) in [4.78, 5) is 10.6. The molecule has 2 aromatic heterocycles. The Morgan fingerprint density at radius 2 is 1.92 bits per heavy atom. The summed E-state index contributed by atoms with van der Waals surface area (Å²) in [6.07, 6.45) is 1.75. The fourth-order valence-electron chi connectivity index (χ4n) is 0.983. The van der Waals surface area contributed by atoms with Crippen LogP contribution in [0.4, 0.5) is 11.8 Å². The molecule has 13 heavy (non-hydrogen) atoms. The second-order valence-electron chi connectivity index (χ2n) is 2.21. The summed E-state index contributed by atoms with van der Waals surface area (Å²) in [6, 6.07) is 1.81. The Hall–Kier alpha value is -1.78. The van der Waals surface area contributed by atoms with Crippen molar-refractivity contribution in [3.05, 3.63) is 12.3 Å². The molecular weight excluding hydrogens is 166 g/mol. The Kier molecular flexibility index (Phi) is 2.69. The molecule has 0 aliphatic rings. The van der Waals surface area contributed by atoms with Crippen molar-refractivity contribution in [2.45, 2.75) is 13.8 Å². The van der Waals surface area contributed by atoms with Crippen molar-refractivity contribution >= 4 is 22.8 Å². The number of hydrogen-bond donors (Lipinski definition) is 3. The molecule has 0 spiro atoms. The summed E-state index contributed by atoms with van der Waals surface area (Å²) in [7, 11) is 0. The molecule has 0 amide bonds. The van der Waals surface area contributed by atoms with E-state index in [1.165, 1.54) is 0 Å². The number of nitrogen functional groups attached to an aromatic ring is 2. The number of nitrogens with zero attached hydrogens (tertiary/aromatic N) is 2. The van der Waals surface area contributed by atoms with Crippen molar-refractivity contribution in [1.29, 1.82) is 0 Å². The lowest BCUT2D eigenvalue weighted by molar-refractivity contribution is 1.22. The Labute approximate surface area is 76.2 Å². The molecule has 2 rings (SSSR count). The van der Waals surface area contributed by atoms with Gasteiger partial charge in [0.1, 0.15) is 11.5 Å². The summed E-state index contributed by atoms with van der Waals surface area (Å²) in [5.41, 5.74) is 11.6. The van der Waals surface area contributed by atoms with Gasteiger partial charge in [0.2, 0.25) is 5.95 Å². The molecule has 5 nitrogen and oxygen atoms in total. The highest BCUT2D eigenvalue weighted by molar-refractivity contribution is 5.86. The van der Waals surface area contributed by atoms with Crippen molar-refractivity contribution in [3.8, 4) is 0 Å². The first-order valence-corrected chi connectivity index (χ1v) is 4.13. The molecule has 70 valence electrons. The van der Waals surface area contributed by atoms with E-state index in [0.717, 1.165) is 5.39 Å². The molecule has 0 unspecified atom stereocenters. The fourth-order valence-corrected chi connectivity index (χ4v) is 0.983. The smallest absolute Gasteiger partial charge is 0.223 e. The molecule has 0 aliphatic heterocycles. The number of anilines is 2. The van der Waals surface area contributed by atoms with E-state index in [0.29, 0.717) is 11.5 Å². The highest BCUT2D eigenvalue weighted by atomic mass is 15.1. The number of nitrogens with one attached hydrogen (secondary N) is 1. The number of H-pyrrole nitrogens is 1. The van der Waals surface area contributed by atoms with E-state index in [-0.39, 0.29) is 5.95 Å². The van der Waals surface area contributed by atoms with Gasteiger partial charge in [0.25, 0.3) is 0 Å². The van der Waals surface area contributed by atoms with Crippen LogP contribution in [0.25, 0.3) is 11.0 Å². The summed E-state index contributed by atoms with van der Waals surface area (Å²) in [5.74, 6) is 0.603. The van der Waals surface area contributed by atoms with Gasteiger partial charge in [-0.25, -0.2) is 0 Å². The Morgan fingerprint density at radius 3 is 2.62 bits per heavy atom. The van der Waals surface area contributed by atoms with Crippen LogP contribution in [-0.4, -0.2) is 15.0 Å². The molecule has 0 fully saturated rings. The SMILES string of the molecule is CC.Nc1nc(N)c2cc[nH]c2n1. The molecule has 0 aromatic carbocycles. The molecule has 2 aromatic rings. The Morgan fingerprint density at radius 1 is 1.23 bits per heavy atom. The normalized spacial score (nSPS) is 9.38. The lowest BCUT2D eigenvalue weighted by atomic mass is 10.4. The summed E-state index contributed by atoms with van der Waals surface area (Å²) in [6.45, 7) is 4.00. The third-order valence-corrected chi connectivity index (χ3v) is 1.46. The van der Waals surface area contributed by atoms with Gasteiger partial charge in [0, 0.05) is 6.20 Å². The number of fused-ring (bicyclic) bond motifs is 1. The Balaban J connectivity index is 0.000000396. The third-order valence-electron chi connectivity index (χ3n) is 1.46. The van der Waals surface area contributed by atoms with Gasteiger partial charge in [-0.15, -0.1) is 0 Å². The molecule has 5 N–H and O–H groups in total. The second-order valence-corrected chi connectivity index (χ2v) is 2.21. The van der Waals surface area contributed by atoms with Crippen molar-refractivity contribution in [2.24, 2.45) is 0 Å². The summed E-state index contributed by atoms with van der Waals surface area (Å²) >= 11 is 0. The van der Waals surface area contributed by atoms with Gasteiger partial charge >= 0.3 is 0 Å². The minimum atomic E-state index is 0.192. The minimum absolute atomic E-state index is 0.192. The molecule has 0 radical (unpaired) electrons. The van der Waals surface area contributed by atoms with Crippen molar-refractivity contribution in [3.63, 3.8) is 0 Å². The number of nitrogens with two attached hydrogens (primary N) is 2. The zero-order valence-corrected chi connectivity index (χ0v) is 7.70. The molecule has 2 heterocycles. The zero-order valence-electron chi connectivity index (χ0n) is 7.70. The van der Waals surface area contributed by atoms with Crippen molar-refractivity contribution in [1.82, 2.24) is 15.0 Å². The van der Waals surface area contributed by atoms with Crippen LogP contribution in [0.2, 0.25) is 0 Å². The molecular formula is C8H13N5. The van der Waals surface area contributed by atoms with Crippen molar-refractivity contribution < 1.29 is 0 Å². The average Bonchev–Trinajstić information content (AvgIpc) is 2.55. The molecule has 0 bridgehead atoms. The number of hydrogen-bond acceptors (Lipinski definition) is 4. The maximum atomic E-state index is 5.55. The zero-order chi connectivity index (χ0) is 9.84. The quantitative estimate of drug-likeness (QED) is 0.565. The first-order chi connectivity index (χ1) is 6.27. The molecule has 5 heteroatoms. The Bertz CT molecular complexity index is 392. The van der Waals surface area contributed by atoms with Crippen LogP contribution in [0.3, 0.4) is 0 Å². The van der Waals surface area contributed by atoms with Crippen LogP contribution >= 0.6 is 0 Å². The predicted octanol–water partition coefficient (Wildman–Crippen LogP) is 1.15. The van der Waals surface area contributed by atoms with Gasteiger partial charge < -0.3 is 16.5 Å². The van der Waals surface area contributed by atoms with Crippen LogP contribution < -0.4 is 11.5 Å². The van der Waals surface area contributed by atoms with Gasteiger partial charge in [0.15, 0.2) is 0 Å². The van der Waals surface area contributed by atoms with E-state index in [9.17, 15) is 0 Å². The van der Waals surface area contributed by atoms with Gasteiger partial charge in [-0.1, -0.05) is 13.8 Å². The van der Waals surface area contributed by atoms with E-state index in [4.69, 9.17) is 11.5 Å². The minimum Gasteiger partial charge on any atom is -0.383 e. The lowest BCUT2D eigenvalue weighted by Gasteiger charge is -1.95. The molecule has 0 saturated carbocycles. The van der Waals surface area contributed by atoms with Crippen LogP contribution in [0.5, 0.6) is 0 Å². The largest absolute Gasteiger partial charge is 0.383 e. The van der Waals surface area contributed by atoms with E-state index >= 15 is 0 Å². The van der Waals surface area contributed by atoms with E-state index in [1.807, 2.05) is 19.9 Å². The maximum absolute atomic E-state index is 5.55. The highest BCUT2D eigenvalue weighted by Crippen LogP contribution is 2.15. The number of rotatable bonds is 0. The van der Waals surface area contributed by atoms with Crippen LogP contribution in [0, 0.1) is 0 Å². The second kappa shape index (κ2) is 3.75. The fraction of sp³-hybridized carbons (Fsp3) is 0.250. The topological polar surface area (TPSA) is 93.6 Å². The standard InChI is InChI=1S/C6H7N5.C2H6/c7-4-3-1-2-9-5(3)11-6(8)10-4;1-2/h1-2H,(H5,7,8,9,10,11);1-2H3. The predicted molar refractivity (Wildman–Crippen MR) is 54.1 cm³/mol. The first-order valence-electron chi connectivity index (χ1n) is 4.13. The monoisotopic (exact) mass is 179 g/mol. The average molecular weight is 179 g/mol. The van der Waals surface area contributed by atoms with Crippen LogP contribution in [0.1, 0.15) is 13.8 Å². The lowest BCUT2D eigenvalue weighted by Crippen LogP contribution is -1.99. The van der Waals surface area contributed by atoms with Crippen LogP contribution in [0.15, 0.2) is 12.3 Å². The molecule has 0 atom stereocenters. The van der Waals surface area contributed by atoms with Crippen molar-refractivity contribution in [2.75, 3.05) is 11.5 Å². The highest BCUT2D eigenvalue weighted by Gasteiger charge is 2.01. The molecule has 0 saturated heterocycles. The number of aromatic amines is 1. The van der Waals surface area contributed by atoms with Gasteiger partial charge in [-0.05, 0) is 6.07 Å². The number of aromatic nitrogens is 3. The van der Waals surface area contributed by atoms with E-state index in [1.54, 1.807) is 6.20 Å². The summed E-state index contributed by atoms with van der Waals surface area (Å²) < 4.78 is 0.